The molecule has 1 atom stereocenters. The Bertz CT molecular complexity index is 695. The Morgan fingerprint density at radius 2 is 1.68 bits per heavy atom. The second-order valence-electron chi connectivity index (χ2n) is 9.61. The van der Waals surface area contributed by atoms with E-state index < -0.39 is 5.60 Å². The van der Waals surface area contributed by atoms with Crippen molar-refractivity contribution in [3.05, 3.63) is 24.3 Å². The van der Waals surface area contributed by atoms with Gasteiger partial charge in [-0.15, -0.1) is 0 Å². The molecular weight excluding hydrogens is 357 g/mol. The van der Waals surface area contributed by atoms with Gasteiger partial charge in [-0.1, -0.05) is 12.1 Å². The number of amides is 1. The number of ether oxygens (including phenoxy) is 2. The van der Waals surface area contributed by atoms with Crippen LogP contribution in [0, 0.1) is 0 Å². The summed E-state index contributed by atoms with van der Waals surface area (Å²) in [7, 11) is -0.381. The molecular formula is C21H32BNO5. The fraction of sp³-hybridized carbons (Fsp3) is 0.667. The maximum atomic E-state index is 12.2. The molecule has 7 heteroatoms. The number of benzene rings is 1. The van der Waals surface area contributed by atoms with E-state index in [1.807, 2.05) is 72.7 Å². The number of carbonyl (C=O) groups is 1. The molecule has 1 aromatic carbocycles. The number of carbonyl (C=O) groups excluding carboxylic acids is 1. The first-order valence-corrected chi connectivity index (χ1v) is 9.96. The quantitative estimate of drug-likeness (QED) is 0.742. The number of likely N-dealkylation sites (tertiary alicyclic amines) is 1. The number of hydrogen-bond acceptors (Lipinski definition) is 5. The highest BCUT2D eigenvalue weighted by atomic mass is 16.7. The first-order chi connectivity index (χ1) is 12.9. The molecule has 154 valence electrons. The molecule has 1 aromatic rings. The minimum atomic E-state index is -0.487. The maximum absolute atomic E-state index is 12.2. The zero-order chi connectivity index (χ0) is 20.7. The van der Waals surface area contributed by atoms with E-state index in [1.165, 1.54) is 0 Å². The third-order valence-corrected chi connectivity index (χ3v) is 5.50. The molecule has 0 N–H and O–H groups in total. The largest absolute Gasteiger partial charge is 0.494 e. The number of nitrogens with zero attached hydrogens (tertiary/aromatic N) is 1. The van der Waals surface area contributed by atoms with Gasteiger partial charge in [0.15, 0.2) is 0 Å². The van der Waals surface area contributed by atoms with Crippen molar-refractivity contribution in [2.45, 2.75) is 77.8 Å². The highest BCUT2D eigenvalue weighted by molar-refractivity contribution is 6.62. The molecule has 2 heterocycles. The first-order valence-electron chi connectivity index (χ1n) is 9.96. The Labute approximate surface area is 168 Å². The van der Waals surface area contributed by atoms with E-state index in [0.29, 0.717) is 13.1 Å². The highest BCUT2D eigenvalue weighted by Gasteiger charge is 2.51. The normalized spacial score (nSPS) is 23.8. The molecule has 0 bridgehead atoms. The standard InChI is InChI=1S/C21H32BNO5/c1-19(2,3)26-18(24)23-13-12-17(14-23)25-16-10-8-15(9-11-16)22-27-20(4,5)21(6,7)28-22/h8-11,17H,12-14H2,1-7H3/t17-/m0/s1. The van der Waals surface area contributed by atoms with Crippen molar-refractivity contribution in [2.24, 2.45) is 0 Å². The van der Waals surface area contributed by atoms with Gasteiger partial charge in [0.2, 0.25) is 0 Å². The van der Waals surface area contributed by atoms with Gasteiger partial charge in [-0.2, -0.15) is 0 Å². The van der Waals surface area contributed by atoms with E-state index in [2.05, 4.69) is 0 Å². The maximum Gasteiger partial charge on any atom is 0.494 e. The molecule has 0 radical (unpaired) electrons. The van der Waals surface area contributed by atoms with E-state index in [0.717, 1.165) is 17.6 Å². The molecule has 3 rings (SSSR count). The average Bonchev–Trinajstić information content (AvgIpc) is 3.09. The van der Waals surface area contributed by atoms with E-state index in [1.54, 1.807) is 4.90 Å². The van der Waals surface area contributed by atoms with Crippen molar-refractivity contribution in [1.29, 1.82) is 0 Å². The third kappa shape index (κ3) is 4.63. The van der Waals surface area contributed by atoms with Crippen LogP contribution in [0.5, 0.6) is 5.75 Å². The minimum Gasteiger partial charge on any atom is -0.489 e. The van der Waals surface area contributed by atoms with Crippen LogP contribution in [0.15, 0.2) is 24.3 Å². The summed E-state index contributed by atoms with van der Waals surface area (Å²) in [6.45, 7) is 15.0. The molecule has 6 nitrogen and oxygen atoms in total. The molecule has 2 aliphatic heterocycles. The molecule has 28 heavy (non-hydrogen) atoms. The Morgan fingerprint density at radius 3 is 2.21 bits per heavy atom. The van der Waals surface area contributed by atoms with Crippen LogP contribution < -0.4 is 10.2 Å². The molecule has 2 aliphatic rings. The fourth-order valence-corrected chi connectivity index (χ4v) is 3.19. The highest BCUT2D eigenvalue weighted by Crippen LogP contribution is 2.36. The molecule has 1 amide bonds. The zero-order valence-electron chi connectivity index (χ0n) is 18.1. The lowest BCUT2D eigenvalue weighted by Crippen LogP contribution is -2.41. The van der Waals surface area contributed by atoms with Crippen molar-refractivity contribution >= 4 is 18.7 Å². The average molecular weight is 389 g/mol. The molecule has 0 aromatic heterocycles. The van der Waals surface area contributed by atoms with Crippen LogP contribution in [0.1, 0.15) is 54.9 Å². The number of rotatable bonds is 3. The monoisotopic (exact) mass is 389 g/mol. The molecule has 2 fully saturated rings. The Hall–Kier alpha value is -1.73. The van der Waals surface area contributed by atoms with Gasteiger partial charge in [0.1, 0.15) is 17.5 Å². The lowest BCUT2D eigenvalue weighted by atomic mass is 9.79. The van der Waals surface area contributed by atoms with Crippen molar-refractivity contribution in [1.82, 2.24) is 4.90 Å². The molecule has 0 unspecified atom stereocenters. The smallest absolute Gasteiger partial charge is 0.489 e. The topological polar surface area (TPSA) is 57.2 Å². The van der Waals surface area contributed by atoms with Crippen molar-refractivity contribution in [2.75, 3.05) is 13.1 Å². The van der Waals surface area contributed by atoms with Crippen molar-refractivity contribution in [3.8, 4) is 5.75 Å². The fourth-order valence-electron chi connectivity index (χ4n) is 3.19. The summed E-state index contributed by atoms with van der Waals surface area (Å²) >= 11 is 0. The van der Waals surface area contributed by atoms with E-state index in [4.69, 9.17) is 18.8 Å². The second kappa shape index (κ2) is 7.27. The Kier molecular flexibility index (Phi) is 5.45. The summed E-state index contributed by atoms with van der Waals surface area (Å²) in [5.41, 5.74) is -0.240. The second-order valence-corrected chi connectivity index (χ2v) is 9.61. The van der Waals surface area contributed by atoms with Gasteiger partial charge in [-0.25, -0.2) is 4.79 Å². The SMILES string of the molecule is CC(C)(C)OC(=O)N1CC[C@H](Oc2ccc(B3OC(C)(C)C(C)(C)O3)cc2)C1. The summed E-state index contributed by atoms with van der Waals surface area (Å²) < 4.78 is 23.6. The molecule has 0 aliphatic carbocycles. The first kappa shape index (κ1) is 21.0. The lowest BCUT2D eigenvalue weighted by molar-refractivity contribution is 0.00578. The van der Waals surface area contributed by atoms with Gasteiger partial charge in [0.05, 0.1) is 17.7 Å². The van der Waals surface area contributed by atoms with Crippen LogP contribution in [0.4, 0.5) is 4.79 Å². The van der Waals surface area contributed by atoms with Gasteiger partial charge in [-0.3, -0.25) is 0 Å². The van der Waals surface area contributed by atoms with Crippen LogP contribution in [-0.2, 0) is 14.0 Å². The van der Waals surface area contributed by atoms with Crippen LogP contribution in [0.2, 0.25) is 0 Å². The van der Waals surface area contributed by atoms with E-state index >= 15 is 0 Å². The number of hydrogen-bond donors (Lipinski definition) is 0. The van der Waals surface area contributed by atoms with Crippen molar-refractivity contribution in [3.63, 3.8) is 0 Å². The van der Waals surface area contributed by atoms with E-state index in [-0.39, 0.29) is 30.5 Å². The molecule has 0 spiro atoms. The van der Waals surface area contributed by atoms with Crippen molar-refractivity contribution < 1.29 is 23.6 Å². The Balaban J connectivity index is 1.55. The summed E-state index contributed by atoms with van der Waals surface area (Å²) in [6.07, 6.45) is 0.475. The molecule has 2 saturated heterocycles. The van der Waals surface area contributed by atoms with Gasteiger partial charge in [-0.05, 0) is 66.1 Å². The molecule has 0 saturated carbocycles. The van der Waals surface area contributed by atoms with Gasteiger partial charge in [0.25, 0.3) is 0 Å². The predicted molar refractivity (Wildman–Crippen MR) is 109 cm³/mol. The van der Waals surface area contributed by atoms with E-state index in [9.17, 15) is 4.79 Å². The summed E-state index contributed by atoms with van der Waals surface area (Å²) in [5.74, 6) is 0.774. The van der Waals surface area contributed by atoms with Gasteiger partial charge >= 0.3 is 13.2 Å². The van der Waals surface area contributed by atoms with Crippen LogP contribution in [-0.4, -0.2) is 54.1 Å². The van der Waals surface area contributed by atoms with Gasteiger partial charge in [0, 0.05) is 13.0 Å². The minimum absolute atomic E-state index is 0.0322. The van der Waals surface area contributed by atoms with Crippen LogP contribution >= 0.6 is 0 Å². The van der Waals surface area contributed by atoms with Gasteiger partial charge < -0.3 is 23.7 Å². The van der Waals surface area contributed by atoms with Crippen LogP contribution in [0.25, 0.3) is 0 Å². The third-order valence-electron chi connectivity index (χ3n) is 5.50. The predicted octanol–water partition coefficient (Wildman–Crippen LogP) is 3.37. The Morgan fingerprint density at radius 1 is 1.11 bits per heavy atom. The summed E-state index contributed by atoms with van der Waals surface area (Å²) in [6, 6.07) is 7.79. The summed E-state index contributed by atoms with van der Waals surface area (Å²) in [5, 5.41) is 0. The zero-order valence-corrected chi connectivity index (χ0v) is 18.1. The lowest BCUT2D eigenvalue weighted by Gasteiger charge is -2.32. The van der Waals surface area contributed by atoms with Crippen LogP contribution in [0.3, 0.4) is 0 Å². The summed E-state index contributed by atoms with van der Waals surface area (Å²) in [4.78, 5) is 13.9.